The van der Waals surface area contributed by atoms with Gasteiger partial charge in [-0.2, -0.15) is 0 Å². The van der Waals surface area contributed by atoms with Crippen LogP contribution in [0.2, 0.25) is 5.02 Å². The number of aromatic nitrogens is 2. The molecular weight excluding hydrogens is 823 g/mol. The van der Waals surface area contributed by atoms with E-state index in [1.807, 2.05) is 58.3 Å². The summed E-state index contributed by atoms with van der Waals surface area (Å²) in [7, 11) is 0. The fourth-order valence-corrected chi connectivity index (χ4v) is 9.96. The van der Waals surface area contributed by atoms with Gasteiger partial charge in [-0.3, -0.25) is 19.4 Å². The summed E-state index contributed by atoms with van der Waals surface area (Å²) in [5.74, 6) is 0.289. The van der Waals surface area contributed by atoms with E-state index in [4.69, 9.17) is 16.3 Å². The zero-order valence-electron chi connectivity index (χ0n) is 36.3. The summed E-state index contributed by atoms with van der Waals surface area (Å²) in [6, 6.07) is 19.1. The van der Waals surface area contributed by atoms with Gasteiger partial charge in [0.15, 0.2) is 0 Å². The average molecular weight is 882 g/mol. The number of nitrogens with one attached hydrogen (secondary N) is 3. The van der Waals surface area contributed by atoms with Gasteiger partial charge in [-0.05, 0) is 129 Å². The molecule has 0 radical (unpaired) electrons. The van der Waals surface area contributed by atoms with Crippen LogP contribution in [0.25, 0.3) is 21.3 Å². The van der Waals surface area contributed by atoms with Crippen molar-refractivity contribution >= 4 is 57.2 Å². The molecule has 5 aromatic rings. The standard InChI is InChI=1S/C49H58ClFN6O4S/c1-30(33-13-15-34(16-14-33)38-21-23-52-41-20-17-36(51)26-39(38)41)46(58)56-37-18-19-40(50)43(27-37)61-25-7-22-53-45(49(3,4)5)48(60)57-24-6-8-42(57)47(59)54-28-32-9-11-35(12-10-32)44-31(2)55-29-62-44/h9-12,17-21,23,26-27,29-30,33-34,42,45,53H,6-8,13-16,22,24-25,28H2,1-5H3,(H,54,59)(H,56,58)/t30-,33?,34?,42-,45+/m1/s1. The number of benzene rings is 3. The lowest BCUT2D eigenvalue weighted by Crippen LogP contribution is -2.56. The van der Waals surface area contributed by atoms with Crippen LogP contribution in [-0.4, -0.2) is 64.4 Å². The molecule has 2 aromatic heterocycles. The van der Waals surface area contributed by atoms with E-state index in [-0.39, 0.29) is 35.4 Å². The topological polar surface area (TPSA) is 126 Å². The monoisotopic (exact) mass is 880 g/mol. The summed E-state index contributed by atoms with van der Waals surface area (Å²) in [5, 5.41) is 10.9. The molecule has 7 rings (SSSR count). The van der Waals surface area contributed by atoms with Gasteiger partial charge >= 0.3 is 0 Å². The predicted octanol–water partition coefficient (Wildman–Crippen LogP) is 10.1. The van der Waals surface area contributed by atoms with Gasteiger partial charge in [0.05, 0.1) is 39.3 Å². The van der Waals surface area contributed by atoms with Crippen LogP contribution in [0.15, 0.2) is 78.4 Å². The molecule has 3 atom stereocenters. The van der Waals surface area contributed by atoms with Crippen molar-refractivity contribution in [2.45, 2.75) is 104 Å². The van der Waals surface area contributed by atoms with Crippen LogP contribution in [-0.2, 0) is 20.9 Å². The smallest absolute Gasteiger partial charge is 0.243 e. The van der Waals surface area contributed by atoms with Crippen LogP contribution in [0, 0.1) is 30.0 Å². The third-order valence-corrected chi connectivity index (χ3v) is 13.9. The molecule has 10 nitrogen and oxygen atoms in total. The summed E-state index contributed by atoms with van der Waals surface area (Å²) < 4.78 is 20.2. The highest BCUT2D eigenvalue weighted by atomic mass is 35.5. The number of anilines is 1. The normalized spacial score (nSPS) is 19.0. The molecule has 1 saturated heterocycles. The number of amides is 3. The number of ether oxygens (including phenoxy) is 1. The molecule has 328 valence electrons. The Hall–Kier alpha value is -4.91. The minimum atomic E-state index is -0.517. The number of pyridine rings is 1. The highest BCUT2D eigenvalue weighted by Crippen LogP contribution is 2.41. The Kier molecular flexibility index (Phi) is 14.6. The first-order valence-corrected chi connectivity index (χ1v) is 23.1. The molecule has 62 heavy (non-hydrogen) atoms. The zero-order chi connectivity index (χ0) is 44.0. The second kappa shape index (κ2) is 20.1. The Labute approximate surface area is 373 Å². The van der Waals surface area contributed by atoms with Crippen molar-refractivity contribution in [3.05, 3.63) is 106 Å². The van der Waals surface area contributed by atoms with Crippen LogP contribution in [0.5, 0.6) is 5.75 Å². The summed E-state index contributed by atoms with van der Waals surface area (Å²) >= 11 is 8.14. The quantitative estimate of drug-likeness (QED) is 0.0895. The number of carbonyl (C=O) groups is 3. The molecular formula is C49H58ClFN6O4S. The van der Waals surface area contributed by atoms with Gasteiger partial charge in [0.2, 0.25) is 17.7 Å². The number of carbonyl (C=O) groups excluding carboxylic acids is 3. The molecule has 3 N–H and O–H groups in total. The van der Waals surface area contributed by atoms with Crippen molar-refractivity contribution < 1.29 is 23.5 Å². The van der Waals surface area contributed by atoms with Crippen molar-refractivity contribution in [3.63, 3.8) is 0 Å². The van der Waals surface area contributed by atoms with Gasteiger partial charge < -0.3 is 25.6 Å². The van der Waals surface area contributed by atoms with Crippen molar-refractivity contribution in [1.29, 1.82) is 0 Å². The van der Waals surface area contributed by atoms with E-state index in [2.05, 4.69) is 38.1 Å². The molecule has 1 saturated carbocycles. The largest absolute Gasteiger partial charge is 0.492 e. The van der Waals surface area contributed by atoms with Crippen LogP contribution in [0.3, 0.4) is 0 Å². The predicted molar refractivity (Wildman–Crippen MR) is 246 cm³/mol. The van der Waals surface area contributed by atoms with Crippen LogP contribution in [0.1, 0.15) is 95.4 Å². The van der Waals surface area contributed by atoms with Gasteiger partial charge in [-0.25, -0.2) is 9.37 Å². The maximum Gasteiger partial charge on any atom is 0.243 e. The molecule has 0 spiro atoms. The number of thiazole rings is 1. The Morgan fingerprint density at radius 2 is 1.76 bits per heavy atom. The number of hydrogen-bond donors (Lipinski definition) is 3. The Bertz CT molecular complexity index is 2360. The van der Waals surface area contributed by atoms with Gasteiger partial charge in [0.25, 0.3) is 0 Å². The molecule has 13 heteroatoms. The highest BCUT2D eigenvalue weighted by molar-refractivity contribution is 7.13. The van der Waals surface area contributed by atoms with Crippen molar-refractivity contribution in [2.75, 3.05) is 25.0 Å². The lowest BCUT2D eigenvalue weighted by Gasteiger charge is -2.35. The van der Waals surface area contributed by atoms with E-state index in [0.717, 1.165) is 70.3 Å². The van der Waals surface area contributed by atoms with E-state index >= 15 is 0 Å². The number of likely N-dealkylation sites (tertiary alicyclic amines) is 1. The lowest BCUT2D eigenvalue weighted by atomic mass is 9.73. The third-order valence-electron chi connectivity index (χ3n) is 12.6. The Morgan fingerprint density at radius 1 is 0.984 bits per heavy atom. The molecule has 0 bridgehead atoms. The van der Waals surface area contributed by atoms with Gasteiger partial charge in [0.1, 0.15) is 17.6 Å². The van der Waals surface area contributed by atoms with Gasteiger partial charge in [0, 0.05) is 42.3 Å². The van der Waals surface area contributed by atoms with E-state index < -0.39 is 17.5 Å². The van der Waals surface area contributed by atoms with Crippen LogP contribution in [0.4, 0.5) is 10.1 Å². The van der Waals surface area contributed by atoms with Crippen LogP contribution < -0.4 is 20.7 Å². The fraction of sp³-hybridized carbons (Fsp3) is 0.449. The SMILES string of the molecule is Cc1ncsc1-c1ccc(CNC(=O)[C@H]2CCCN2C(=O)[C@H](NCCCOc2cc(NC(=O)[C@H](C)C3CCC(c4ccnc5ccc(F)cc45)CC3)ccc2Cl)C(C)(C)C)cc1. The molecule has 3 amide bonds. The third kappa shape index (κ3) is 10.8. The average Bonchev–Trinajstić information content (AvgIpc) is 3.94. The molecule has 3 heterocycles. The van der Waals surface area contributed by atoms with Gasteiger partial charge in [-0.15, -0.1) is 11.3 Å². The number of nitrogens with zero attached hydrogens (tertiary/aromatic N) is 3. The second-order valence-electron chi connectivity index (χ2n) is 17.9. The van der Waals surface area contributed by atoms with Crippen molar-refractivity contribution in [3.8, 4) is 16.2 Å². The van der Waals surface area contributed by atoms with E-state index in [1.54, 1.807) is 52.8 Å². The summed E-state index contributed by atoms with van der Waals surface area (Å²) in [5.41, 5.74) is 7.08. The summed E-state index contributed by atoms with van der Waals surface area (Å²) in [6.45, 7) is 11.8. The lowest BCUT2D eigenvalue weighted by molar-refractivity contribution is -0.142. The van der Waals surface area contributed by atoms with E-state index in [9.17, 15) is 18.8 Å². The minimum absolute atomic E-state index is 0.0501. The number of hydrogen-bond acceptors (Lipinski definition) is 8. The minimum Gasteiger partial charge on any atom is -0.492 e. The highest BCUT2D eigenvalue weighted by Gasteiger charge is 2.41. The fourth-order valence-electron chi connectivity index (χ4n) is 8.98. The molecule has 3 aromatic carbocycles. The molecule has 1 aliphatic heterocycles. The number of aryl methyl sites for hydroxylation is 1. The summed E-state index contributed by atoms with van der Waals surface area (Å²) in [6.07, 6.45) is 7.46. The summed E-state index contributed by atoms with van der Waals surface area (Å²) in [4.78, 5) is 52.6. The maximum absolute atomic E-state index is 14.1. The molecule has 1 aliphatic carbocycles. The van der Waals surface area contributed by atoms with Gasteiger partial charge in [-0.1, -0.05) is 63.6 Å². The first-order valence-electron chi connectivity index (χ1n) is 21.8. The van der Waals surface area contributed by atoms with E-state index in [0.29, 0.717) is 61.5 Å². The van der Waals surface area contributed by atoms with Crippen LogP contribution >= 0.6 is 22.9 Å². The first-order chi connectivity index (χ1) is 29.8. The first kappa shape index (κ1) is 45.1. The number of rotatable bonds is 15. The van der Waals surface area contributed by atoms with E-state index in [1.165, 1.54) is 6.07 Å². The molecule has 0 unspecified atom stereocenters. The van der Waals surface area contributed by atoms with Crippen molar-refractivity contribution in [2.24, 2.45) is 17.3 Å². The number of halogens is 2. The maximum atomic E-state index is 14.1. The zero-order valence-corrected chi connectivity index (χ0v) is 37.9. The van der Waals surface area contributed by atoms with Crippen molar-refractivity contribution in [1.82, 2.24) is 25.5 Å². The second-order valence-corrected chi connectivity index (χ2v) is 19.2. The Morgan fingerprint density at radius 3 is 2.48 bits per heavy atom. The molecule has 2 fully saturated rings. The Balaban J connectivity index is 0.861. The molecule has 2 aliphatic rings. The number of fused-ring (bicyclic) bond motifs is 1.